The minimum atomic E-state index is -2.94. The van der Waals surface area contributed by atoms with Crippen LogP contribution in [0, 0.1) is 18.6 Å². The lowest BCUT2D eigenvalue weighted by Crippen LogP contribution is -2.49. The molecule has 0 aliphatic carbocycles. The Hall–Kier alpha value is -5.23. The number of benzene rings is 3. The van der Waals surface area contributed by atoms with E-state index < -0.39 is 29.3 Å². The van der Waals surface area contributed by atoms with Crippen LogP contribution in [0.5, 0.6) is 0 Å². The number of piperidine rings is 2. The summed E-state index contributed by atoms with van der Waals surface area (Å²) in [4.78, 5) is 40.2. The molecule has 2 aliphatic heterocycles. The van der Waals surface area contributed by atoms with Gasteiger partial charge in [-0.15, -0.1) is 0 Å². The van der Waals surface area contributed by atoms with Gasteiger partial charge in [0.15, 0.2) is 0 Å². The molecule has 8 nitrogen and oxygen atoms in total. The fraction of sp³-hybridized carbons (Fsp3) is 0.341. The minimum absolute atomic E-state index is 0.0887. The second-order valence-corrected chi connectivity index (χ2v) is 14.3. The van der Waals surface area contributed by atoms with E-state index in [1.54, 1.807) is 38.2 Å². The van der Waals surface area contributed by atoms with Gasteiger partial charge in [-0.2, -0.15) is 0 Å². The van der Waals surface area contributed by atoms with Crippen molar-refractivity contribution in [1.82, 2.24) is 25.2 Å². The van der Waals surface area contributed by atoms with E-state index in [-0.39, 0.29) is 23.2 Å². The number of amides is 2. The number of hydrogen-bond donors (Lipinski definition) is 2. The van der Waals surface area contributed by atoms with Gasteiger partial charge in [0.25, 0.3) is 6.43 Å². The van der Waals surface area contributed by atoms with Gasteiger partial charge in [0.05, 0.1) is 34.4 Å². The number of carbonyl (C=O) groups excluding carboxylic acids is 2. The van der Waals surface area contributed by atoms with Crippen molar-refractivity contribution < 1.29 is 27.2 Å². The van der Waals surface area contributed by atoms with Crippen molar-refractivity contribution in [2.24, 2.45) is 0 Å². The van der Waals surface area contributed by atoms with E-state index in [0.29, 0.717) is 64.7 Å². The number of aromatic nitrogens is 3. The first-order chi connectivity index (χ1) is 25.4. The summed E-state index contributed by atoms with van der Waals surface area (Å²) in [5.41, 5.74) is 3.18. The molecule has 2 saturated heterocycles. The van der Waals surface area contributed by atoms with Crippen LogP contribution in [0.25, 0.3) is 22.2 Å². The van der Waals surface area contributed by atoms with E-state index in [9.17, 15) is 22.8 Å². The van der Waals surface area contributed by atoms with Gasteiger partial charge in [-0.1, -0.05) is 42.5 Å². The first-order valence-corrected chi connectivity index (χ1v) is 17.8. The average molecular weight is 725 g/mol. The Labute approximate surface area is 305 Å². The molecule has 0 bridgehead atoms. The number of likely N-dealkylation sites (tertiary alicyclic amines) is 1. The van der Waals surface area contributed by atoms with Crippen molar-refractivity contribution in [3.63, 3.8) is 0 Å². The Morgan fingerprint density at radius 3 is 2.43 bits per heavy atom. The highest BCUT2D eigenvalue weighted by Crippen LogP contribution is 2.36. The third-order valence-corrected chi connectivity index (χ3v) is 10.8. The molecule has 0 spiro atoms. The molecule has 0 saturated carbocycles. The highest BCUT2D eigenvalue weighted by Gasteiger charge is 2.40. The number of alkyl halides is 2. The number of nitrogens with one attached hydrogen (secondary N) is 2. The van der Waals surface area contributed by atoms with E-state index in [0.717, 1.165) is 37.6 Å². The molecule has 12 heteroatoms. The molecule has 2 amide bonds. The summed E-state index contributed by atoms with van der Waals surface area (Å²) in [5.74, 6) is -0.560. The molecular weight excluding hydrogens is 684 g/mol. The summed E-state index contributed by atoms with van der Waals surface area (Å²) in [6.45, 7) is 7.28. The average Bonchev–Trinajstić information content (AvgIpc) is 3.14. The second kappa shape index (κ2) is 14.7. The molecule has 2 aromatic heterocycles. The lowest BCUT2D eigenvalue weighted by atomic mass is 9.75. The van der Waals surface area contributed by atoms with Gasteiger partial charge in [0, 0.05) is 35.0 Å². The van der Waals surface area contributed by atoms with Crippen LogP contribution in [0.1, 0.15) is 91.6 Å². The van der Waals surface area contributed by atoms with E-state index in [2.05, 4.69) is 42.6 Å². The van der Waals surface area contributed by atoms with Gasteiger partial charge in [0.1, 0.15) is 23.3 Å². The van der Waals surface area contributed by atoms with Crippen molar-refractivity contribution in [3.05, 3.63) is 118 Å². The standard InChI is InChI=1S/C41H40F4N6O2/c1-23(30-5-4-6-31(37(30)43)38(44)45)47-39-32-20-34(46-21-35(32)48-24(2)49-39)27-9-12-33(42)28(19-27)22-51-17-14-26(15-18-51)25-7-10-29(11-8-25)41(3)16-13-36(52)50-40(41)53/h4-12,19-21,23,26,38H,13-18,22H2,1-3H3,(H,47,48,49)(H,50,52,53)/t23-,41-/m1/s1. The van der Waals surface area contributed by atoms with Gasteiger partial charge >= 0.3 is 0 Å². The predicted molar refractivity (Wildman–Crippen MR) is 194 cm³/mol. The molecule has 2 atom stereocenters. The number of rotatable bonds is 9. The van der Waals surface area contributed by atoms with Crippen LogP contribution in [-0.4, -0.2) is 44.8 Å². The number of hydrogen-bond acceptors (Lipinski definition) is 7. The Morgan fingerprint density at radius 2 is 1.72 bits per heavy atom. The van der Waals surface area contributed by atoms with Crippen molar-refractivity contribution >= 4 is 28.5 Å². The predicted octanol–water partition coefficient (Wildman–Crippen LogP) is 8.46. The zero-order valence-electron chi connectivity index (χ0n) is 29.7. The maximum absolute atomic E-state index is 15.2. The highest BCUT2D eigenvalue weighted by molar-refractivity contribution is 6.03. The van der Waals surface area contributed by atoms with Crippen molar-refractivity contribution in [1.29, 1.82) is 0 Å². The fourth-order valence-electron chi connectivity index (χ4n) is 7.49. The first-order valence-electron chi connectivity index (χ1n) is 17.8. The number of carbonyl (C=O) groups is 2. The highest BCUT2D eigenvalue weighted by atomic mass is 19.3. The summed E-state index contributed by atoms with van der Waals surface area (Å²) >= 11 is 0. The van der Waals surface area contributed by atoms with Crippen LogP contribution in [0.2, 0.25) is 0 Å². The van der Waals surface area contributed by atoms with Crippen molar-refractivity contribution in [3.8, 4) is 11.3 Å². The molecule has 0 radical (unpaired) electrons. The van der Waals surface area contributed by atoms with Crippen LogP contribution in [0.3, 0.4) is 0 Å². The summed E-state index contributed by atoms with van der Waals surface area (Å²) in [5, 5.41) is 6.25. The molecule has 0 unspecified atom stereocenters. The number of fused-ring (bicyclic) bond motifs is 1. The van der Waals surface area contributed by atoms with Gasteiger partial charge in [-0.3, -0.25) is 24.8 Å². The summed E-state index contributed by atoms with van der Waals surface area (Å²) < 4.78 is 57.0. The number of pyridine rings is 1. The quantitative estimate of drug-likeness (QED) is 0.116. The van der Waals surface area contributed by atoms with E-state index in [4.69, 9.17) is 0 Å². The van der Waals surface area contributed by atoms with Gasteiger partial charge in [-0.25, -0.2) is 27.5 Å². The van der Waals surface area contributed by atoms with Crippen LogP contribution >= 0.6 is 0 Å². The minimum Gasteiger partial charge on any atom is -0.363 e. The molecule has 4 heterocycles. The van der Waals surface area contributed by atoms with Crippen LogP contribution in [0.4, 0.5) is 23.4 Å². The maximum atomic E-state index is 15.2. The van der Waals surface area contributed by atoms with Gasteiger partial charge < -0.3 is 5.32 Å². The largest absolute Gasteiger partial charge is 0.363 e. The zero-order valence-corrected chi connectivity index (χ0v) is 29.7. The third-order valence-electron chi connectivity index (χ3n) is 10.8. The van der Waals surface area contributed by atoms with Gasteiger partial charge in [-0.05, 0) is 94.4 Å². The SMILES string of the molecule is Cc1nc(N[C@H](C)c2cccc(C(F)F)c2F)c2cc(-c3ccc(F)c(CN4CCC(c5ccc([C@@]6(C)CCC(=O)NC6=O)cc5)CC4)c3)ncc2n1. The van der Waals surface area contributed by atoms with Crippen LogP contribution < -0.4 is 10.6 Å². The lowest BCUT2D eigenvalue weighted by molar-refractivity contribution is -0.137. The Balaban J connectivity index is 1.05. The molecule has 53 heavy (non-hydrogen) atoms. The second-order valence-electron chi connectivity index (χ2n) is 14.3. The summed E-state index contributed by atoms with van der Waals surface area (Å²) in [6.07, 6.45) is 1.30. The summed E-state index contributed by atoms with van der Waals surface area (Å²) in [6, 6.07) is 18.1. The molecule has 2 N–H and O–H groups in total. The maximum Gasteiger partial charge on any atom is 0.266 e. The van der Waals surface area contributed by atoms with Crippen molar-refractivity contribution in [2.45, 2.75) is 76.8 Å². The number of imide groups is 1. The number of halogens is 4. The molecule has 2 aliphatic rings. The lowest BCUT2D eigenvalue weighted by Gasteiger charge is -2.34. The van der Waals surface area contributed by atoms with Crippen LogP contribution in [-0.2, 0) is 21.5 Å². The van der Waals surface area contributed by atoms with E-state index in [1.807, 2.05) is 19.1 Å². The number of aryl methyl sites for hydroxylation is 1. The first kappa shape index (κ1) is 36.1. The summed E-state index contributed by atoms with van der Waals surface area (Å²) in [7, 11) is 0. The zero-order chi connectivity index (χ0) is 37.4. The topological polar surface area (TPSA) is 100 Å². The molecule has 3 aromatic carbocycles. The molecule has 274 valence electrons. The smallest absolute Gasteiger partial charge is 0.266 e. The molecule has 7 rings (SSSR count). The van der Waals surface area contributed by atoms with Gasteiger partial charge in [0.2, 0.25) is 11.8 Å². The molecule has 2 fully saturated rings. The Morgan fingerprint density at radius 1 is 0.981 bits per heavy atom. The van der Waals surface area contributed by atoms with Crippen molar-refractivity contribution in [2.75, 3.05) is 18.4 Å². The normalized spacial score (nSPS) is 19.1. The van der Waals surface area contributed by atoms with Crippen LogP contribution in [0.15, 0.2) is 72.9 Å². The fourth-order valence-corrected chi connectivity index (χ4v) is 7.49. The Bertz CT molecular complexity index is 2190. The van der Waals surface area contributed by atoms with E-state index >= 15 is 4.39 Å². The number of nitrogens with zero attached hydrogens (tertiary/aromatic N) is 4. The molecular formula is C41H40F4N6O2. The monoisotopic (exact) mass is 724 g/mol. The third kappa shape index (κ3) is 7.37. The van der Waals surface area contributed by atoms with E-state index in [1.165, 1.54) is 23.8 Å². The molecule has 5 aromatic rings. The Kier molecular flexibility index (Phi) is 9.99. The number of anilines is 1.